The maximum atomic E-state index is 13.1. The van der Waals surface area contributed by atoms with E-state index in [1.165, 1.54) is 6.07 Å². The minimum Gasteiger partial charge on any atom is -0.389 e. The second-order valence-corrected chi connectivity index (χ2v) is 5.89. The van der Waals surface area contributed by atoms with Gasteiger partial charge in [0.1, 0.15) is 4.99 Å². The lowest BCUT2D eigenvalue weighted by Gasteiger charge is -2.22. The summed E-state index contributed by atoms with van der Waals surface area (Å²) >= 11 is 4.69. The van der Waals surface area contributed by atoms with Crippen LogP contribution in [-0.2, 0) is 6.18 Å². The highest BCUT2D eigenvalue weighted by Gasteiger charge is 2.36. The lowest BCUT2D eigenvalue weighted by molar-refractivity contribution is -0.137. The van der Waals surface area contributed by atoms with Crippen molar-refractivity contribution in [2.75, 3.05) is 18.5 Å². The summed E-state index contributed by atoms with van der Waals surface area (Å²) in [7, 11) is 1.81. The largest absolute Gasteiger partial charge is 0.417 e. The summed E-state index contributed by atoms with van der Waals surface area (Å²) in [6.07, 6.45) is -3.32. The standard InChI is InChI=1S/C14H17F3N2S/c1-8-5-9(8)7-19(2)10-3-4-11(13(18)20)12(6-10)14(15,16)17/h3-4,6,8-9H,5,7H2,1-2H3,(H2,18,20). The lowest BCUT2D eigenvalue weighted by Crippen LogP contribution is -2.23. The molecule has 0 bridgehead atoms. The first-order chi connectivity index (χ1) is 9.20. The number of nitrogens with zero attached hydrogens (tertiary/aromatic N) is 1. The fourth-order valence-corrected chi connectivity index (χ4v) is 2.51. The highest BCUT2D eigenvalue weighted by Crippen LogP contribution is 2.39. The average molecular weight is 302 g/mol. The molecule has 0 radical (unpaired) electrons. The van der Waals surface area contributed by atoms with Crippen molar-refractivity contribution in [3.8, 4) is 0 Å². The predicted octanol–water partition coefficient (Wildman–Crippen LogP) is 3.43. The third-order valence-corrected chi connectivity index (χ3v) is 4.02. The van der Waals surface area contributed by atoms with Gasteiger partial charge >= 0.3 is 6.18 Å². The molecule has 1 aromatic rings. The highest BCUT2D eigenvalue weighted by atomic mass is 32.1. The van der Waals surface area contributed by atoms with Crippen LogP contribution in [0.4, 0.5) is 18.9 Å². The zero-order valence-corrected chi connectivity index (χ0v) is 12.2. The number of hydrogen-bond acceptors (Lipinski definition) is 2. The maximum Gasteiger partial charge on any atom is 0.417 e. The molecule has 0 amide bonds. The molecule has 2 nitrogen and oxygen atoms in total. The Morgan fingerprint density at radius 3 is 2.50 bits per heavy atom. The monoisotopic (exact) mass is 302 g/mol. The molecule has 0 heterocycles. The number of alkyl halides is 3. The number of thiocarbonyl (C=S) groups is 1. The van der Waals surface area contributed by atoms with Crippen LogP contribution in [0, 0.1) is 11.8 Å². The van der Waals surface area contributed by atoms with Crippen molar-refractivity contribution in [2.45, 2.75) is 19.5 Å². The van der Waals surface area contributed by atoms with Crippen molar-refractivity contribution in [1.82, 2.24) is 0 Å². The van der Waals surface area contributed by atoms with Crippen LogP contribution >= 0.6 is 12.2 Å². The van der Waals surface area contributed by atoms with Crippen LogP contribution in [0.5, 0.6) is 0 Å². The molecule has 2 N–H and O–H groups in total. The first-order valence-corrected chi connectivity index (χ1v) is 6.83. The summed E-state index contributed by atoms with van der Waals surface area (Å²) in [6, 6.07) is 4.12. The molecule has 0 saturated heterocycles. The van der Waals surface area contributed by atoms with Gasteiger partial charge in [-0.15, -0.1) is 0 Å². The van der Waals surface area contributed by atoms with Crippen molar-refractivity contribution in [2.24, 2.45) is 17.6 Å². The van der Waals surface area contributed by atoms with Crippen molar-refractivity contribution >= 4 is 22.9 Å². The van der Waals surface area contributed by atoms with E-state index in [4.69, 9.17) is 5.73 Å². The predicted molar refractivity (Wildman–Crippen MR) is 77.9 cm³/mol. The molecular formula is C14H17F3N2S. The first-order valence-electron chi connectivity index (χ1n) is 6.42. The molecule has 2 rings (SSSR count). The highest BCUT2D eigenvalue weighted by molar-refractivity contribution is 7.80. The van der Waals surface area contributed by atoms with E-state index in [0.717, 1.165) is 19.0 Å². The summed E-state index contributed by atoms with van der Waals surface area (Å²) in [6.45, 7) is 2.92. The fraction of sp³-hybridized carbons (Fsp3) is 0.500. The normalized spacial score (nSPS) is 21.6. The van der Waals surface area contributed by atoms with Gasteiger partial charge in [0.2, 0.25) is 0 Å². The SMILES string of the molecule is CC1CC1CN(C)c1ccc(C(N)=S)c(C(F)(F)F)c1. The van der Waals surface area contributed by atoms with Crippen LogP contribution < -0.4 is 10.6 Å². The molecule has 0 aliphatic heterocycles. The Kier molecular flexibility index (Phi) is 3.95. The van der Waals surface area contributed by atoms with Gasteiger partial charge in [0.25, 0.3) is 0 Å². The zero-order valence-electron chi connectivity index (χ0n) is 11.4. The van der Waals surface area contributed by atoms with Gasteiger partial charge in [0.05, 0.1) is 5.56 Å². The van der Waals surface area contributed by atoms with Gasteiger partial charge in [-0.1, -0.05) is 19.1 Å². The molecule has 1 aliphatic rings. The molecule has 1 saturated carbocycles. The summed E-state index contributed by atoms with van der Waals surface area (Å²) < 4.78 is 39.2. The van der Waals surface area contributed by atoms with Gasteiger partial charge in [0.15, 0.2) is 0 Å². The quantitative estimate of drug-likeness (QED) is 0.864. The molecular weight excluding hydrogens is 285 g/mol. The van der Waals surface area contributed by atoms with E-state index in [1.807, 2.05) is 4.90 Å². The van der Waals surface area contributed by atoms with E-state index in [-0.39, 0.29) is 10.6 Å². The Bertz CT molecular complexity index is 528. The zero-order chi connectivity index (χ0) is 15.1. The van der Waals surface area contributed by atoms with Gasteiger partial charge in [0, 0.05) is 24.8 Å². The van der Waals surface area contributed by atoms with Crippen LogP contribution in [0.2, 0.25) is 0 Å². The second kappa shape index (κ2) is 5.24. The average Bonchev–Trinajstić information content (AvgIpc) is 3.02. The Labute approximate surface area is 121 Å². The van der Waals surface area contributed by atoms with Gasteiger partial charge in [-0.05, 0) is 36.5 Å². The third kappa shape index (κ3) is 3.23. The molecule has 6 heteroatoms. The Balaban J connectivity index is 2.29. The van der Waals surface area contributed by atoms with Gasteiger partial charge < -0.3 is 10.6 Å². The number of benzene rings is 1. The van der Waals surface area contributed by atoms with Crippen LogP contribution in [0.25, 0.3) is 0 Å². The number of nitrogens with two attached hydrogens (primary N) is 1. The van der Waals surface area contributed by atoms with Crippen LogP contribution in [0.3, 0.4) is 0 Å². The summed E-state index contributed by atoms with van der Waals surface area (Å²) in [5.41, 5.74) is 5.02. The van der Waals surface area contributed by atoms with Gasteiger partial charge in [-0.25, -0.2) is 0 Å². The van der Waals surface area contributed by atoms with E-state index in [1.54, 1.807) is 13.1 Å². The smallest absolute Gasteiger partial charge is 0.389 e. The number of halogens is 3. The van der Waals surface area contributed by atoms with Gasteiger partial charge in [-0.2, -0.15) is 13.2 Å². The molecule has 0 spiro atoms. The van der Waals surface area contributed by atoms with Crippen molar-refractivity contribution in [3.05, 3.63) is 29.3 Å². The molecule has 2 atom stereocenters. The summed E-state index contributed by atoms with van der Waals surface area (Å²) in [5.74, 6) is 1.24. The van der Waals surface area contributed by atoms with E-state index < -0.39 is 11.7 Å². The molecule has 0 aromatic heterocycles. The molecule has 1 aliphatic carbocycles. The van der Waals surface area contributed by atoms with Gasteiger partial charge in [-0.3, -0.25) is 0 Å². The maximum absolute atomic E-state index is 13.1. The molecule has 20 heavy (non-hydrogen) atoms. The topological polar surface area (TPSA) is 29.3 Å². The van der Waals surface area contributed by atoms with Crippen LogP contribution in [0.1, 0.15) is 24.5 Å². The van der Waals surface area contributed by atoms with Crippen molar-refractivity contribution in [1.29, 1.82) is 0 Å². The second-order valence-electron chi connectivity index (χ2n) is 5.45. The Hall–Kier alpha value is -1.30. The van der Waals surface area contributed by atoms with E-state index in [0.29, 0.717) is 17.5 Å². The molecule has 1 fully saturated rings. The minimum absolute atomic E-state index is 0.121. The minimum atomic E-state index is -4.46. The van der Waals surface area contributed by atoms with Crippen molar-refractivity contribution in [3.63, 3.8) is 0 Å². The molecule has 110 valence electrons. The third-order valence-electron chi connectivity index (χ3n) is 3.80. The first kappa shape index (κ1) is 15.1. The number of anilines is 1. The van der Waals surface area contributed by atoms with Crippen LogP contribution in [0.15, 0.2) is 18.2 Å². The van der Waals surface area contributed by atoms with Crippen LogP contribution in [-0.4, -0.2) is 18.6 Å². The summed E-state index contributed by atoms with van der Waals surface area (Å²) in [5, 5.41) is 0. The fourth-order valence-electron chi connectivity index (χ4n) is 2.33. The Morgan fingerprint density at radius 2 is 2.05 bits per heavy atom. The summed E-state index contributed by atoms with van der Waals surface area (Å²) in [4.78, 5) is 1.62. The van der Waals surface area contributed by atoms with Crippen molar-refractivity contribution < 1.29 is 13.2 Å². The van der Waals surface area contributed by atoms with E-state index in [2.05, 4.69) is 19.1 Å². The van der Waals surface area contributed by atoms with E-state index in [9.17, 15) is 13.2 Å². The van der Waals surface area contributed by atoms with E-state index >= 15 is 0 Å². The molecule has 2 unspecified atom stereocenters. The number of hydrogen-bond donors (Lipinski definition) is 1. The lowest BCUT2D eigenvalue weighted by atomic mass is 10.1. The number of rotatable bonds is 4. The molecule has 1 aromatic carbocycles. The Morgan fingerprint density at radius 1 is 1.45 bits per heavy atom.